The predicted octanol–water partition coefficient (Wildman–Crippen LogP) is 3.85. The van der Waals surface area contributed by atoms with Gasteiger partial charge < -0.3 is 4.43 Å². The Morgan fingerprint density at radius 2 is 1.64 bits per heavy atom. The Hall–Kier alpha value is 0.467. The second kappa shape index (κ2) is 5.00. The van der Waals surface area contributed by atoms with Crippen molar-refractivity contribution in [1.82, 2.24) is 0 Å². The highest BCUT2D eigenvalue weighted by Gasteiger charge is 2.38. The molecule has 1 saturated carbocycles. The molecule has 0 atom stereocenters. The van der Waals surface area contributed by atoms with Crippen molar-refractivity contribution in [3.8, 4) is 0 Å². The monoisotopic (exact) mass is 232 g/mol. The molecule has 3 heteroatoms. The molecule has 1 saturated heterocycles. The van der Waals surface area contributed by atoms with Crippen LogP contribution in [0.15, 0.2) is 0 Å². The zero-order valence-electron chi connectivity index (χ0n) is 8.93. The topological polar surface area (TPSA) is 9.23 Å². The lowest BCUT2D eigenvalue weighted by Gasteiger charge is -2.35. The standard InChI is InChI=1S/C11H21ClOSi/c12-10-14(8-4-1-5-9-14)13-11-6-2-3-7-11/h11H,1-10H2. The number of halogens is 1. The average Bonchev–Trinajstić information content (AvgIpc) is 2.72. The van der Waals surface area contributed by atoms with Crippen LogP contribution < -0.4 is 0 Å². The molecule has 82 valence electrons. The van der Waals surface area contributed by atoms with Crippen LogP contribution in [0.25, 0.3) is 0 Å². The summed E-state index contributed by atoms with van der Waals surface area (Å²) in [6.45, 7) is 0. The molecule has 0 amide bonds. The van der Waals surface area contributed by atoms with E-state index < -0.39 is 8.32 Å². The largest absolute Gasteiger partial charge is 0.413 e. The molecule has 2 fully saturated rings. The van der Waals surface area contributed by atoms with Gasteiger partial charge in [0.1, 0.15) is 0 Å². The summed E-state index contributed by atoms with van der Waals surface area (Å²) in [4.78, 5) is 0. The van der Waals surface area contributed by atoms with Gasteiger partial charge in [-0.05, 0) is 24.9 Å². The molecule has 0 aromatic carbocycles. The quantitative estimate of drug-likeness (QED) is 0.531. The van der Waals surface area contributed by atoms with E-state index in [1.165, 1.54) is 57.0 Å². The van der Waals surface area contributed by atoms with Gasteiger partial charge in [0.25, 0.3) is 0 Å². The van der Waals surface area contributed by atoms with E-state index in [0.717, 1.165) is 5.50 Å². The molecule has 0 radical (unpaired) electrons. The van der Waals surface area contributed by atoms with E-state index in [-0.39, 0.29) is 0 Å². The van der Waals surface area contributed by atoms with E-state index in [1.54, 1.807) is 0 Å². The highest BCUT2D eigenvalue weighted by Crippen LogP contribution is 2.34. The van der Waals surface area contributed by atoms with Crippen molar-refractivity contribution in [3.05, 3.63) is 0 Å². The van der Waals surface area contributed by atoms with E-state index in [2.05, 4.69) is 0 Å². The Labute approximate surface area is 93.3 Å². The summed E-state index contributed by atoms with van der Waals surface area (Å²) in [5.41, 5.74) is 0.837. The number of hydrogen-bond donors (Lipinski definition) is 0. The summed E-state index contributed by atoms with van der Waals surface area (Å²) >= 11 is 6.15. The van der Waals surface area contributed by atoms with Crippen LogP contribution in [0.4, 0.5) is 0 Å². The fourth-order valence-corrected chi connectivity index (χ4v) is 7.38. The first-order valence-corrected chi connectivity index (χ1v) is 9.15. The Morgan fingerprint density at radius 3 is 2.21 bits per heavy atom. The van der Waals surface area contributed by atoms with Gasteiger partial charge in [-0.1, -0.05) is 32.1 Å². The molecular formula is C11H21ClOSi. The summed E-state index contributed by atoms with van der Waals surface area (Å²) in [6, 6.07) is 2.65. The van der Waals surface area contributed by atoms with Crippen molar-refractivity contribution in [3.63, 3.8) is 0 Å². The number of alkyl halides is 1. The second-order valence-corrected chi connectivity index (χ2v) is 9.57. The lowest BCUT2D eigenvalue weighted by molar-refractivity contribution is 0.192. The fourth-order valence-electron chi connectivity index (χ4n) is 2.84. The van der Waals surface area contributed by atoms with Crippen molar-refractivity contribution in [2.24, 2.45) is 0 Å². The molecular weight excluding hydrogens is 212 g/mol. The van der Waals surface area contributed by atoms with Crippen molar-refractivity contribution in [2.45, 2.75) is 63.1 Å². The predicted molar refractivity (Wildman–Crippen MR) is 63.3 cm³/mol. The number of hydrogen-bond acceptors (Lipinski definition) is 1. The minimum atomic E-state index is -1.46. The summed E-state index contributed by atoms with van der Waals surface area (Å²) in [6.07, 6.45) is 10.1. The van der Waals surface area contributed by atoms with Crippen LogP contribution >= 0.6 is 11.6 Å². The number of rotatable bonds is 3. The minimum Gasteiger partial charge on any atom is -0.413 e. The van der Waals surface area contributed by atoms with E-state index in [9.17, 15) is 0 Å². The Bertz CT molecular complexity index is 174. The summed E-state index contributed by atoms with van der Waals surface area (Å²) in [5, 5.41) is 0. The van der Waals surface area contributed by atoms with Crippen LogP contribution in [-0.4, -0.2) is 19.9 Å². The van der Waals surface area contributed by atoms with Crippen molar-refractivity contribution in [1.29, 1.82) is 0 Å². The fraction of sp³-hybridized carbons (Fsp3) is 1.00. The average molecular weight is 233 g/mol. The molecule has 1 aliphatic heterocycles. The van der Waals surface area contributed by atoms with Gasteiger partial charge in [0, 0.05) is 11.6 Å². The summed E-state index contributed by atoms with van der Waals surface area (Å²) in [7, 11) is -1.46. The van der Waals surface area contributed by atoms with Crippen molar-refractivity contribution >= 4 is 19.9 Å². The molecule has 0 unspecified atom stereocenters. The van der Waals surface area contributed by atoms with E-state index in [1.807, 2.05) is 0 Å². The first-order valence-electron chi connectivity index (χ1n) is 6.08. The highest BCUT2D eigenvalue weighted by molar-refractivity contribution is 6.80. The van der Waals surface area contributed by atoms with Gasteiger partial charge >= 0.3 is 0 Å². The third-order valence-electron chi connectivity index (χ3n) is 3.73. The second-order valence-electron chi connectivity index (χ2n) is 4.90. The maximum absolute atomic E-state index is 6.40. The Kier molecular flexibility index (Phi) is 3.91. The molecule has 0 aromatic rings. The normalized spacial score (nSPS) is 28.1. The molecule has 0 N–H and O–H groups in total. The van der Waals surface area contributed by atoms with Crippen LogP contribution in [-0.2, 0) is 4.43 Å². The Morgan fingerprint density at radius 1 is 1.00 bits per heavy atom. The maximum Gasteiger partial charge on any atom is 0.207 e. The van der Waals surface area contributed by atoms with Gasteiger partial charge in [0.05, 0.1) is 0 Å². The van der Waals surface area contributed by atoms with Crippen molar-refractivity contribution in [2.75, 3.05) is 5.50 Å². The molecule has 0 spiro atoms. The molecule has 1 aliphatic carbocycles. The van der Waals surface area contributed by atoms with Crippen LogP contribution in [0.3, 0.4) is 0 Å². The Balaban J connectivity index is 1.89. The van der Waals surface area contributed by atoms with Crippen LogP contribution in [0.1, 0.15) is 44.9 Å². The molecule has 1 heterocycles. The summed E-state index contributed by atoms with van der Waals surface area (Å²) in [5.74, 6) is 0. The zero-order chi connectivity index (χ0) is 9.86. The minimum absolute atomic E-state index is 0.582. The molecule has 2 aliphatic rings. The van der Waals surface area contributed by atoms with Gasteiger partial charge in [0.2, 0.25) is 8.32 Å². The lowest BCUT2D eigenvalue weighted by atomic mass is 10.3. The van der Waals surface area contributed by atoms with Gasteiger partial charge in [-0.25, -0.2) is 0 Å². The van der Waals surface area contributed by atoms with Gasteiger partial charge in [-0.3, -0.25) is 0 Å². The SMILES string of the molecule is ClC[Si]1(OC2CCCC2)CCCCC1. The molecule has 2 rings (SSSR count). The van der Waals surface area contributed by atoms with Gasteiger partial charge in [-0.2, -0.15) is 0 Å². The van der Waals surface area contributed by atoms with Crippen LogP contribution in [0.2, 0.25) is 12.1 Å². The first-order chi connectivity index (χ1) is 6.85. The third-order valence-corrected chi connectivity index (χ3v) is 9.04. The zero-order valence-corrected chi connectivity index (χ0v) is 10.7. The summed E-state index contributed by atoms with van der Waals surface area (Å²) < 4.78 is 6.40. The van der Waals surface area contributed by atoms with E-state index >= 15 is 0 Å². The lowest BCUT2D eigenvalue weighted by Crippen LogP contribution is -2.45. The smallest absolute Gasteiger partial charge is 0.207 e. The van der Waals surface area contributed by atoms with Crippen molar-refractivity contribution < 1.29 is 4.43 Å². The van der Waals surface area contributed by atoms with Crippen LogP contribution in [0.5, 0.6) is 0 Å². The van der Waals surface area contributed by atoms with Gasteiger partial charge in [0.15, 0.2) is 0 Å². The maximum atomic E-state index is 6.40. The first kappa shape index (κ1) is 11.0. The molecule has 0 aromatic heterocycles. The van der Waals surface area contributed by atoms with E-state index in [0.29, 0.717) is 6.10 Å². The van der Waals surface area contributed by atoms with Gasteiger partial charge in [-0.15, -0.1) is 11.6 Å². The molecule has 0 bridgehead atoms. The third kappa shape index (κ3) is 2.53. The van der Waals surface area contributed by atoms with Crippen LogP contribution in [0, 0.1) is 0 Å². The molecule has 1 nitrogen and oxygen atoms in total. The molecule has 14 heavy (non-hydrogen) atoms. The highest BCUT2D eigenvalue weighted by atomic mass is 35.5. The van der Waals surface area contributed by atoms with E-state index in [4.69, 9.17) is 16.0 Å².